The third kappa shape index (κ3) is 6.71. The van der Waals surface area contributed by atoms with Crippen molar-refractivity contribution in [2.45, 2.75) is 58.5 Å². The van der Waals surface area contributed by atoms with E-state index in [9.17, 15) is 10.1 Å². The molecule has 2 N–H and O–H groups in total. The fourth-order valence-electron chi connectivity index (χ4n) is 4.40. The van der Waals surface area contributed by atoms with E-state index in [-0.39, 0.29) is 5.88 Å². The fourth-order valence-corrected chi connectivity index (χ4v) is 4.40. The summed E-state index contributed by atoms with van der Waals surface area (Å²) in [5.74, 6) is 1.13. The number of nitrogens with zero attached hydrogens (tertiary/aromatic N) is 1. The van der Waals surface area contributed by atoms with Gasteiger partial charge in [-0.15, -0.1) is 0 Å². The van der Waals surface area contributed by atoms with Gasteiger partial charge in [-0.1, -0.05) is 57.0 Å². The van der Waals surface area contributed by atoms with Crippen LogP contribution in [-0.2, 0) is 11.2 Å². The van der Waals surface area contributed by atoms with Gasteiger partial charge in [-0.2, -0.15) is 5.26 Å². The van der Waals surface area contributed by atoms with Crippen molar-refractivity contribution in [1.82, 2.24) is 0 Å². The Morgan fingerprint density at radius 1 is 1.00 bits per heavy atom. The molecule has 0 bridgehead atoms. The first kappa shape index (κ1) is 27.6. The van der Waals surface area contributed by atoms with Crippen molar-refractivity contribution in [3.8, 4) is 29.1 Å². The number of esters is 1. The van der Waals surface area contributed by atoms with Gasteiger partial charge >= 0.3 is 5.97 Å². The van der Waals surface area contributed by atoms with Crippen LogP contribution in [0.15, 0.2) is 78.2 Å². The third-order valence-corrected chi connectivity index (χ3v) is 6.62. The Morgan fingerprint density at radius 2 is 1.69 bits per heavy atom. The molecule has 0 amide bonds. The second kappa shape index (κ2) is 12.9. The molecule has 39 heavy (non-hydrogen) atoms. The predicted octanol–water partition coefficient (Wildman–Crippen LogP) is 6.41. The molecule has 7 nitrogen and oxygen atoms in total. The van der Waals surface area contributed by atoms with E-state index in [1.807, 2.05) is 48.5 Å². The lowest BCUT2D eigenvalue weighted by molar-refractivity contribution is -0.141. The number of aryl methyl sites for hydroxylation is 1. The Balaban J connectivity index is 1.49. The molecule has 2 unspecified atom stereocenters. The maximum absolute atomic E-state index is 12.7. The Morgan fingerprint density at radius 3 is 2.36 bits per heavy atom. The van der Waals surface area contributed by atoms with Crippen molar-refractivity contribution < 1.29 is 23.7 Å². The van der Waals surface area contributed by atoms with Gasteiger partial charge in [-0.05, 0) is 61.2 Å². The first-order valence-corrected chi connectivity index (χ1v) is 13.3. The monoisotopic (exact) mass is 526 g/mol. The SMILES string of the molecule is CCCCCOc1ccc(C2C(C#N)=C(N)Oc3cc(OC(=O)C(C)Oc4ccc(CC)cc4)ccc32)cc1. The average molecular weight is 527 g/mol. The number of carbonyl (C=O) groups excluding carboxylic acids is 1. The van der Waals surface area contributed by atoms with Crippen molar-refractivity contribution in [2.75, 3.05) is 6.61 Å². The highest BCUT2D eigenvalue weighted by atomic mass is 16.6. The summed E-state index contributed by atoms with van der Waals surface area (Å²) in [6.45, 7) is 6.53. The molecule has 0 fully saturated rings. The number of benzene rings is 3. The molecule has 2 atom stereocenters. The molecule has 0 saturated heterocycles. The van der Waals surface area contributed by atoms with E-state index in [1.54, 1.807) is 25.1 Å². The van der Waals surface area contributed by atoms with Crippen LogP contribution in [0, 0.1) is 11.3 Å². The molecule has 7 heteroatoms. The van der Waals surface area contributed by atoms with Crippen LogP contribution in [0.1, 0.15) is 62.6 Å². The van der Waals surface area contributed by atoms with Gasteiger partial charge in [0.25, 0.3) is 0 Å². The van der Waals surface area contributed by atoms with Crippen molar-refractivity contribution in [3.05, 3.63) is 94.9 Å². The van der Waals surface area contributed by atoms with E-state index in [4.69, 9.17) is 24.7 Å². The lowest BCUT2D eigenvalue weighted by Crippen LogP contribution is -2.28. The van der Waals surface area contributed by atoms with E-state index >= 15 is 0 Å². The molecule has 202 valence electrons. The van der Waals surface area contributed by atoms with Crippen LogP contribution < -0.4 is 24.7 Å². The van der Waals surface area contributed by atoms with Crippen LogP contribution in [-0.4, -0.2) is 18.7 Å². The minimum atomic E-state index is -0.819. The van der Waals surface area contributed by atoms with Crippen LogP contribution in [0.4, 0.5) is 0 Å². The highest BCUT2D eigenvalue weighted by Gasteiger charge is 2.31. The van der Waals surface area contributed by atoms with E-state index < -0.39 is 18.0 Å². The maximum atomic E-state index is 12.7. The van der Waals surface area contributed by atoms with E-state index in [0.29, 0.717) is 29.4 Å². The largest absolute Gasteiger partial charge is 0.494 e. The summed E-state index contributed by atoms with van der Waals surface area (Å²) < 4.78 is 22.9. The quantitative estimate of drug-likeness (QED) is 0.175. The lowest BCUT2D eigenvalue weighted by Gasteiger charge is -2.27. The van der Waals surface area contributed by atoms with Gasteiger partial charge in [-0.3, -0.25) is 0 Å². The second-order valence-electron chi connectivity index (χ2n) is 9.43. The molecule has 1 aliphatic heterocycles. The van der Waals surface area contributed by atoms with Gasteiger partial charge in [0.05, 0.1) is 12.5 Å². The molecule has 4 rings (SSSR count). The smallest absolute Gasteiger partial charge is 0.352 e. The number of ether oxygens (including phenoxy) is 4. The fraction of sp³-hybridized carbons (Fsp3) is 0.312. The summed E-state index contributed by atoms with van der Waals surface area (Å²) in [4.78, 5) is 12.7. The number of unbranched alkanes of at least 4 members (excludes halogenated alkanes) is 2. The number of nitrogens with two attached hydrogens (primary N) is 1. The van der Waals surface area contributed by atoms with Crippen LogP contribution in [0.25, 0.3) is 0 Å². The van der Waals surface area contributed by atoms with Gasteiger partial charge in [-0.25, -0.2) is 4.79 Å². The van der Waals surface area contributed by atoms with E-state index in [0.717, 1.165) is 42.6 Å². The average Bonchev–Trinajstić information content (AvgIpc) is 2.95. The number of hydrogen-bond acceptors (Lipinski definition) is 7. The molecule has 3 aromatic rings. The van der Waals surface area contributed by atoms with Gasteiger partial charge in [0.15, 0.2) is 6.10 Å². The van der Waals surface area contributed by atoms with Gasteiger partial charge < -0.3 is 24.7 Å². The normalized spacial score (nSPS) is 15.0. The lowest BCUT2D eigenvalue weighted by atomic mass is 9.83. The molecule has 0 radical (unpaired) electrons. The van der Waals surface area contributed by atoms with Crippen LogP contribution >= 0.6 is 0 Å². The zero-order chi connectivity index (χ0) is 27.8. The van der Waals surface area contributed by atoms with E-state index in [2.05, 4.69) is 19.9 Å². The van der Waals surface area contributed by atoms with Gasteiger partial charge in [0, 0.05) is 11.6 Å². The Hall–Kier alpha value is -4.44. The van der Waals surface area contributed by atoms with Crippen molar-refractivity contribution >= 4 is 5.97 Å². The number of carbonyl (C=O) groups is 1. The van der Waals surface area contributed by atoms with Crippen molar-refractivity contribution in [1.29, 1.82) is 5.26 Å². The summed E-state index contributed by atoms with van der Waals surface area (Å²) in [5, 5.41) is 9.85. The van der Waals surface area contributed by atoms with E-state index in [1.165, 1.54) is 5.56 Å². The number of fused-ring (bicyclic) bond motifs is 1. The Kier molecular flexibility index (Phi) is 9.11. The number of nitriles is 1. The van der Waals surface area contributed by atoms with Crippen LogP contribution in [0.3, 0.4) is 0 Å². The number of rotatable bonds is 11. The Bertz CT molecular complexity index is 1360. The van der Waals surface area contributed by atoms with Crippen molar-refractivity contribution in [3.63, 3.8) is 0 Å². The summed E-state index contributed by atoms with van der Waals surface area (Å²) in [6.07, 6.45) is 3.38. The minimum Gasteiger partial charge on any atom is -0.494 e. The molecular formula is C32H34N2O5. The standard InChI is InChI=1S/C32H34N2O5/c1-4-6-7-18-36-24-14-10-23(11-15-24)30-27-17-16-26(19-29(27)39-31(34)28(30)20-33)38-32(35)21(3)37-25-12-8-22(5-2)9-13-25/h8-17,19,21,30H,4-7,18,34H2,1-3H3. The predicted molar refractivity (Wildman–Crippen MR) is 149 cm³/mol. The molecule has 0 spiro atoms. The van der Waals surface area contributed by atoms with Gasteiger partial charge in [0.1, 0.15) is 34.6 Å². The summed E-state index contributed by atoms with van der Waals surface area (Å²) in [6, 6.07) is 22.5. The van der Waals surface area contributed by atoms with Crippen molar-refractivity contribution in [2.24, 2.45) is 5.73 Å². The Labute approximate surface area is 229 Å². The summed E-state index contributed by atoms with van der Waals surface area (Å²) in [7, 11) is 0. The zero-order valence-electron chi connectivity index (χ0n) is 22.6. The third-order valence-electron chi connectivity index (χ3n) is 6.62. The molecule has 0 saturated carbocycles. The molecule has 1 heterocycles. The first-order valence-electron chi connectivity index (χ1n) is 13.3. The molecule has 0 aromatic heterocycles. The molecular weight excluding hydrogens is 492 g/mol. The zero-order valence-corrected chi connectivity index (χ0v) is 22.6. The van der Waals surface area contributed by atoms with Crippen LogP contribution in [0.2, 0.25) is 0 Å². The topological polar surface area (TPSA) is 104 Å². The summed E-state index contributed by atoms with van der Waals surface area (Å²) in [5.41, 5.74) is 9.27. The van der Waals surface area contributed by atoms with Gasteiger partial charge in [0.2, 0.25) is 5.88 Å². The summed E-state index contributed by atoms with van der Waals surface area (Å²) >= 11 is 0. The maximum Gasteiger partial charge on any atom is 0.352 e. The number of allylic oxidation sites excluding steroid dienone is 1. The number of hydrogen-bond donors (Lipinski definition) is 1. The first-order chi connectivity index (χ1) is 18.9. The minimum absolute atomic E-state index is 0.0191. The molecule has 3 aromatic carbocycles. The molecule has 1 aliphatic rings. The second-order valence-corrected chi connectivity index (χ2v) is 9.43. The highest BCUT2D eigenvalue weighted by molar-refractivity contribution is 5.77. The highest BCUT2D eigenvalue weighted by Crippen LogP contribution is 2.43. The molecule has 0 aliphatic carbocycles. The van der Waals surface area contributed by atoms with Crippen LogP contribution in [0.5, 0.6) is 23.0 Å².